The third-order valence-corrected chi connectivity index (χ3v) is 1.98. The Labute approximate surface area is 82.9 Å². The van der Waals surface area contributed by atoms with Gasteiger partial charge in [-0.3, -0.25) is 4.79 Å². The van der Waals surface area contributed by atoms with Gasteiger partial charge in [-0.2, -0.15) is 0 Å². The summed E-state index contributed by atoms with van der Waals surface area (Å²) in [5, 5.41) is 17.8. The molecule has 0 spiro atoms. The van der Waals surface area contributed by atoms with Crippen LogP contribution in [0.15, 0.2) is 0 Å². The van der Waals surface area contributed by atoms with Gasteiger partial charge in [-0.1, -0.05) is 20.8 Å². The molecule has 0 aliphatic carbocycles. The summed E-state index contributed by atoms with van der Waals surface area (Å²) in [5.41, 5.74) is 4.60. The van der Waals surface area contributed by atoms with E-state index in [0.717, 1.165) is 0 Å². The van der Waals surface area contributed by atoms with Crippen molar-refractivity contribution in [3.8, 4) is 0 Å². The van der Waals surface area contributed by atoms with Gasteiger partial charge in [0, 0.05) is 6.04 Å². The molecule has 0 saturated carbocycles. The zero-order valence-corrected chi connectivity index (χ0v) is 8.70. The molecule has 3 atom stereocenters. The molecule has 4 nitrogen and oxygen atoms in total. The average Bonchev–Trinajstić information content (AvgIpc) is 1.98. The third kappa shape index (κ3) is 4.02. The molecule has 0 heterocycles. The molecule has 84 valence electrons. The van der Waals surface area contributed by atoms with E-state index in [2.05, 4.69) is 0 Å². The summed E-state index contributed by atoms with van der Waals surface area (Å²) >= 11 is 0. The van der Waals surface area contributed by atoms with Gasteiger partial charge in [-0.25, -0.2) is 4.39 Å². The molecule has 5 heteroatoms. The van der Waals surface area contributed by atoms with Crippen LogP contribution >= 0.6 is 0 Å². The number of aliphatic hydroxyl groups is 1. The average molecular weight is 207 g/mol. The molecular weight excluding hydrogens is 189 g/mol. The van der Waals surface area contributed by atoms with Crippen molar-refractivity contribution in [1.29, 1.82) is 0 Å². The number of rotatable bonds is 4. The predicted octanol–water partition coefficient (Wildman–Crippen LogP) is 0.534. The van der Waals surface area contributed by atoms with E-state index in [-0.39, 0.29) is 0 Å². The van der Waals surface area contributed by atoms with E-state index in [1.54, 1.807) is 20.8 Å². The smallest absolute Gasteiger partial charge is 0.305 e. The first-order valence-electron chi connectivity index (χ1n) is 4.45. The maximum atomic E-state index is 13.5. The summed E-state index contributed by atoms with van der Waals surface area (Å²) in [5.74, 6) is -1.14. The van der Waals surface area contributed by atoms with Crippen molar-refractivity contribution in [2.75, 3.05) is 0 Å². The Kier molecular flexibility index (Phi) is 4.48. The Morgan fingerprint density at radius 1 is 1.50 bits per heavy atom. The van der Waals surface area contributed by atoms with E-state index in [1.807, 2.05) is 0 Å². The molecule has 3 unspecified atom stereocenters. The number of halogens is 1. The lowest BCUT2D eigenvalue weighted by atomic mass is 9.84. The van der Waals surface area contributed by atoms with Gasteiger partial charge in [-0.05, 0) is 5.41 Å². The van der Waals surface area contributed by atoms with Crippen molar-refractivity contribution in [1.82, 2.24) is 0 Å². The van der Waals surface area contributed by atoms with Gasteiger partial charge < -0.3 is 15.9 Å². The van der Waals surface area contributed by atoms with Crippen LogP contribution in [-0.4, -0.2) is 34.5 Å². The molecule has 0 rings (SSSR count). The second-order valence-corrected chi connectivity index (χ2v) is 4.52. The fraction of sp³-hybridized carbons (Fsp3) is 0.889. The summed E-state index contributed by atoms with van der Waals surface area (Å²) in [6.45, 7) is 4.86. The molecule has 0 aliphatic rings. The monoisotopic (exact) mass is 207 g/mol. The highest BCUT2D eigenvalue weighted by Crippen LogP contribution is 2.26. The lowest BCUT2D eigenvalue weighted by Crippen LogP contribution is -2.47. The van der Waals surface area contributed by atoms with Crippen LogP contribution in [0.3, 0.4) is 0 Å². The SMILES string of the molecule is CC(C)(C)C(F)C(O)C(N)CC(=O)O. The van der Waals surface area contributed by atoms with Gasteiger partial charge in [0.2, 0.25) is 0 Å². The molecule has 0 aromatic heterocycles. The number of carboxylic acid groups (broad SMARTS) is 1. The number of aliphatic hydroxyl groups excluding tert-OH is 1. The number of carboxylic acids is 1. The van der Waals surface area contributed by atoms with Crippen molar-refractivity contribution in [3.63, 3.8) is 0 Å². The van der Waals surface area contributed by atoms with Crippen LogP contribution in [0.1, 0.15) is 27.2 Å². The quantitative estimate of drug-likeness (QED) is 0.628. The van der Waals surface area contributed by atoms with Gasteiger partial charge in [0.1, 0.15) is 12.3 Å². The molecule has 0 aliphatic heterocycles. The fourth-order valence-corrected chi connectivity index (χ4v) is 1.05. The Bertz CT molecular complexity index is 203. The zero-order valence-electron chi connectivity index (χ0n) is 8.70. The van der Waals surface area contributed by atoms with Gasteiger partial charge in [0.05, 0.1) is 6.42 Å². The van der Waals surface area contributed by atoms with E-state index in [4.69, 9.17) is 10.8 Å². The molecule has 0 aromatic carbocycles. The molecule has 0 aromatic rings. The minimum absolute atomic E-state index is 0.433. The van der Waals surface area contributed by atoms with Crippen LogP contribution in [0.5, 0.6) is 0 Å². The summed E-state index contributed by atoms with van der Waals surface area (Å²) in [6.07, 6.45) is -3.40. The predicted molar refractivity (Wildman–Crippen MR) is 50.6 cm³/mol. The maximum Gasteiger partial charge on any atom is 0.305 e. The molecule has 14 heavy (non-hydrogen) atoms. The van der Waals surface area contributed by atoms with E-state index in [0.29, 0.717) is 0 Å². The van der Waals surface area contributed by atoms with Gasteiger partial charge in [0.15, 0.2) is 0 Å². The molecule has 0 amide bonds. The molecule has 4 N–H and O–H groups in total. The number of hydrogen-bond donors (Lipinski definition) is 3. The van der Waals surface area contributed by atoms with Crippen molar-refractivity contribution < 1.29 is 19.4 Å². The van der Waals surface area contributed by atoms with E-state index in [9.17, 15) is 14.3 Å². The lowest BCUT2D eigenvalue weighted by Gasteiger charge is -2.30. The topological polar surface area (TPSA) is 83.5 Å². The van der Waals surface area contributed by atoms with E-state index in [1.165, 1.54) is 0 Å². The van der Waals surface area contributed by atoms with E-state index < -0.39 is 36.1 Å². The standard InChI is InChI=1S/C9H18FNO3/c1-9(2,3)8(10)7(14)5(11)4-6(12)13/h5,7-8,14H,4,11H2,1-3H3,(H,12,13). The van der Waals surface area contributed by atoms with Crippen LogP contribution in [-0.2, 0) is 4.79 Å². The number of alkyl halides is 1. The van der Waals surface area contributed by atoms with Crippen LogP contribution in [0.25, 0.3) is 0 Å². The Morgan fingerprint density at radius 2 is 1.93 bits per heavy atom. The van der Waals surface area contributed by atoms with Crippen molar-refractivity contribution >= 4 is 5.97 Å². The fourth-order valence-electron chi connectivity index (χ4n) is 1.05. The normalized spacial score (nSPS) is 18.7. The van der Waals surface area contributed by atoms with Crippen molar-refractivity contribution in [2.45, 2.75) is 45.5 Å². The minimum Gasteiger partial charge on any atom is -0.481 e. The second kappa shape index (κ2) is 4.70. The van der Waals surface area contributed by atoms with Gasteiger partial charge >= 0.3 is 5.97 Å². The van der Waals surface area contributed by atoms with Crippen LogP contribution in [0, 0.1) is 5.41 Å². The largest absolute Gasteiger partial charge is 0.481 e. The van der Waals surface area contributed by atoms with Crippen LogP contribution in [0.2, 0.25) is 0 Å². The van der Waals surface area contributed by atoms with Crippen molar-refractivity contribution in [3.05, 3.63) is 0 Å². The highest BCUT2D eigenvalue weighted by atomic mass is 19.1. The number of hydrogen-bond acceptors (Lipinski definition) is 3. The van der Waals surface area contributed by atoms with Crippen molar-refractivity contribution in [2.24, 2.45) is 11.1 Å². The number of carbonyl (C=O) groups is 1. The number of aliphatic carboxylic acids is 1. The molecule has 0 saturated heterocycles. The third-order valence-electron chi connectivity index (χ3n) is 1.98. The Balaban J connectivity index is 4.31. The van der Waals surface area contributed by atoms with Gasteiger partial charge in [0.25, 0.3) is 0 Å². The highest BCUT2D eigenvalue weighted by Gasteiger charge is 2.35. The summed E-state index contributed by atoms with van der Waals surface area (Å²) in [4.78, 5) is 10.3. The van der Waals surface area contributed by atoms with Gasteiger partial charge in [-0.15, -0.1) is 0 Å². The molecule has 0 bridgehead atoms. The van der Waals surface area contributed by atoms with Crippen LogP contribution in [0.4, 0.5) is 4.39 Å². The Morgan fingerprint density at radius 3 is 2.21 bits per heavy atom. The van der Waals surface area contributed by atoms with Crippen LogP contribution < -0.4 is 5.73 Å². The summed E-state index contributed by atoms with van der Waals surface area (Å²) in [6, 6.07) is -1.07. The highest BCUT2D eigenvalue weighted by molar-refractivity contribution is 5.67. The number of nitrogens with two attached hydrogens (primary N) is 1. The summed E-state index contributed by atoms with van der Waals surface area (Å²) < 4.78 is 13.5. The zero-order chi connectivity index (χ0) is 11.5. The molecule has 0 fully saturated rings. The first kappa shape index (κ1) is 13.3. The molecular formula is C9H18FNO3. The summed E-state index contributed by atoms with van der Waals surface area (Å²) in [7, 11) is 0. The molecule has 0 radical (unpaired) electrons. The first-order chi connectivity index (χ1) is 6.16. The van der Waals surface area contributed by atoms with E-state index >= 15 is 0 Å². The Hall–Kier alpha value is -0.680. The minimum atomic E-state index is -1.53. The lowest BCUT2D eigenvalue weighted by molar-refractivity contribution is -0.138. The first-order valence-corrected chi connectivity index (χ1v) is 4.45. The second-order valence-electron chi connectivity index (χ2n) is 4.52. The maximum absolute atomic E-state index is 13.5.